The van der Waals surface area contributed by atoms with Crippen LogP contribution in [0.4, 0.5) is 0 Å². The molecule has 1 heterocycles. The summed E-state index contributed by atoms with van der Waals surface area (Å²) in [7, 11) is 0. The minimum Gasteiger partial charge on any atom is -0.392 e. The van der Waals surface area contributed by atoms with E-state index in [0.717, 1.165) is 11.1 Å². The van der Waals surface area contributed by atoms with Crippen LogP contribution in [0.5, 0.6) is 0 Å². The average molecular weight is 248 g/mol. The van der Waals surface area contributed by atoms with Crippen LogP contribution in [0.2, 0.25) is 0 Å². The first kappa shape index (κ1) is 11.8. The van der Waals surface area contributed by atoms with Gasteiger partial charge in [0.15, 0.2) is 0 Å². The number of carbonyl (C=O) groups excluding carboxylic acids is 1. The van der Waals surface area contributed by atoms with E-state index in [4.69, 9.17) is 5.11 Å². The van der Waals surface area contributed by atoms with E-state index >= 15 is 0 Å². The van der Waals surface area contributed by atoms with Crippen LogP contribution in [0.1, 0.15) is 21.6 Å². The Kier molecular flexibility index (Phi) is 3.85. The Morgan fingerprint density at radius 3 is 2.94 bits per heavy atom. The maximum absolute atomic E-state index is 11.6. The second-order valence-corrected chi connectivity index (χ2v) is 4.25. The van der Waals surface area contributed by atoms with Crippen LogP contribution in [-0.2, 0) is 13.2 Å². The van der Waals surface area contributed by atoms with E-state index in [1.165, 1.54) is 11.3 Å². The van der Waals surface area contributed by atoms with Gasteiger partial charge in [-0.2, -0.15) is 0 Å². The number of aliphatic hydroxyl groups is 1. The second-order valence-electron chi connectivity index (χ2n) is 3.53. The highest BCUT2D eigenvalue weighted by Crippen LogP contribution is 2.06. The number of hydrogen-bond acceptors (Lipinski definition) is 4. The fourth-order valence-corrected chi connectivity index (χ4v) is 1.97. The van der Waals surface area contributed by atoms with Gasteiger partial charge in [0.1, 0.15) is 5.69 Å². The lowest BCUT2D eigenvalue weighted by Crippen LogP contribution is -2.23. The van der Waals surface area contributed by atoms with Gasteiger partial charge in [-0.15, -0.1) is 11.3 Å². The summed E-state index contributed by atoms with van der Waals surface area (Å²) in [5.41, 5.74) is 3.86. The molecule has 1 aromatic carbocycles. The molecule has 0 fully saturated rings. The number of amides is 1. The molecule has 0 bridgehead atoms. The Hall–Kier alpha value is -1.72. The van der Waals surface area contributed by atoms with Gasteiger partial charge in [-0.25, -0.2) is 4.98 Å². The van der Waals surface area contributed by atoms with Crippen molar-refractivity contribution in [1.29, 1.82) is 0 Å². The molecule has 0 aliphatic rings. The van der Waals surface area contributed by atoms with Crippen LogP contribution >= 0.6 is 11.3 Å². The first-order valence-corrected chi connectivity index (χ1v) is 6.09. The van der Waals surface area contributed by atoms with Crippen molar-refractivity contribution in [3.8, 4) is 0 Å². The molecular formula is C12H12N2O2S. The van der Waals surface area contributed by atoms with Gasteiger partial charge in [0.2, 0.25) is 0 Å². The lowest BCUT2D eigenvalue weighted by molar-refractivity contribution is 0.0946. The lowest BCUT2D eigenvalue weighted by Gasteiger charge is -2.05. The van der Waals surface area contributed by atoms with Crippen molar-refractivity contribution < 1.29 is 9.90 Å². The van der Waals surface area contributed by atoms with E-state index in [9.17, 15) is 4.79 Å². The normalized spacial score (nSPS) is 10.2. The highest BCUT2D eigenvalue weighted by molar-refractivity contribution is 7.07. The van der Waals surface area contributed by atoms with E-state index < -0.39 is 0 Å². The van der Waals surface area contributed by atoms with Crippen molar-refractivity contribution >= 4 is 17.2 Å². The van der Waals surface area contributed by atoms with E-state index in [1.54, 1.807) is 10.9 Å². The van der Waals surface area contributed by atoms with Crippen molar-refractivity contribution in [1.82, 2.24) is 10.3 Å². The number of thiazole rings is 1. The number of rotatable bonds is 4. The summed E-state index contributed by atoms with van der Waals surface area (Å²) in [6.45, 7) is 0.443. The standard InChI is InChI=1S/C12H12N2O2S/c15-6-10-3-1-2-9(4-10)5-13-12(16)11-7-17-8-14-11/h1-4,7-8,15H,5-6H2,(H,13,16). The monoisotopic (exact) mass is 248 g/mol. The largest absolute Gasteiger partial charge is 0.392 e. The number of aromatic nitrogens is 1. The third-order valence-electron chi connectivity index (χ3n) is 2.29. The number of aliphatic hydroxyl groups excluding tert-OH is 1. The van der Waals surface area contributed by atoms with Crippen molar-refractivity contribution in [2.45, 2.75) is 13.2 Å². The zero-order chi connectivity index (χ0) is 12.1. The first-order chi connectivity index (χ1) is 8.29. The SMILES string of the molecule is O=C(NCc1cccc(CO)c1)c1cscn1. The predicted octanol–water partition coefficient (Wildman–Crippen LogP) is 1.57. The summed E-state index contributed by atoms with van der Waals surface area (Å²) in [6.07, 6.45) is 0. The summed E-state index contributed by atoms with van der Waals surface area (Å²) in [5.74, 6) is -0.180. The summed E-state index contributed by atoms with van der Waals surface area (Å²) in [4.78, 5) is 15.5. The number of hydrogen-bond donors (Lipinski definition) is 2. The highest BCUT2D eigenvalue weighted by atomic mass is 32.1. The number of benzene rings is 1. The molecule has 2 N–H and O–H groups in total. The molecule has 2 rings (SSSR count). The van der Waals surface area contributed by atoms with Gasteiger partial charge in [0.05, 0.1) is 12.1 Å². The van der Waals surface area contributed by atoms with Gasteiger partial charge >= 0.3 is 0 Å². The van der Waals surface area contributed by atoms with Crippen molar-refractivity contribution in [2.24, 2.45) is 0 Å². The molecule has 0 aliphatic carbocycles. The highest BCUT2D eigenvalue weighted by Gasteiger charge is 2.06. The summed E-state index contributed by atoms with van der Waals surface area (Å²) < 4.78 is 0. The van der Waals surface area contributed by atoms with Crippen LogP contribution in [0.25, 0.3) is 0 Å². The predicted molar refractivity (Wildman–Crippen MR) is 65.6 cm³/mol. The molecule has 0 radical (unpaired) electrons. The molecule has 2 aromatic rings. The summed E-state index contributed by atoms with van der Waals surface area (Å²) >= 11 is 1.39. The van der Waals surface area contributed by atoms with Crippen molar-refractivity contribution in [2.75, 3.05) is 0 Å². The molecule has 1 amide bonds. The molecule has 4 nitrogen and oxygen atoms in total. The van der Waals surface area contributed by atoms with Gasteiger partial charge in [0.25, 0.3) is 5.91 Å². The molecule has 0 aliphatic heterocycles. The zero-order valence-corrected chi connectivity index (χ0v) is 9.91. The topological polar surface area (TPSA) is 62.2 Å². The number of nitrogens with one attached hydrogen (secondary N) is 1. The molecule has 0 atom stereocenters. The van der Waals surface area contributed by atoms with Gasteiger partial charge in [-0.05, 0) is 11.1 Å². The Labute approximate surface area is 103 Å². The van der Waals surface area contributed by atoms with Crippen LogP contribution in [0, 0.1) is 0 Å². The van der Waals surface area contributed by atoms with Crippen LogP contribution in [0.15, 0.2) is 35.2 Å². The van der Waals surface area contributed by atoms with E-state index in [-0.39, 0.29) is 12.5 Å². The minimum absolute atomic E-state index is 0.00781. The lowest BCUT2D eigenvalue weighted by atomic mass is 10.1. The summed E-state index contributed by atoms with van der Waals surface area (Å²) in [6, 6.07) is 7.46. The van der Waals surface area contributed by atoms with Crippen molar-refractivity contribution in [3.05, 3.63) is 52.0 Å². The van der Waals surface area contributed by atoms with Crippen LogP contribution < -0.4 is 5.32 Å². The molecule has 0 spiro atoms. The van der Waals surface area contributed by atoms with Gasteiger partial charge in [0, 0.05) is 11.9 Å². The third-order valence-corrected chi connectivity index (χ3v) is 2.88. The fraction of sp³-hybridized carbons (Fsp3) is 0.167. The fourth-order valence-electron chi connectivity index (χ4n) is 1.44. The second kappa shape index (κ2) is 5.56. The molecule has 1 aromatic heterocycles. The Morgan fingerprint density at radius 1 is 1.41 bits per heavy atom. The van der Waals surface area contributed by atoms with Gasteiger partial charge in [-0.1, -0.05) is 24.3 Å². The zero-order valence-electron chi connectivity index (χ0n) is 9.09. The van der Waals surface area contributed by atoms with Crippen molar-refractivity contribution in [3.63, 3.8) is 0 Å². The number of carbonyl (C=O) groups is 1. The van der Waals surface area contributed by atoms with E-state index in [0.29, 0.717) is 12.2 Å². The van der Waals surface area contributed by atoms with Crippen LogP contribution in [-0.4, -0.2) is 16.0 Å². The number of nitrogens with zero attached hydrogens (tertiary/aromatic N) is 1. The molecular weight excluding hydrogens is 236 g/mol. The molecule has 5 heteroatoms. The Bertz CT molecular complexity index is 497. The summed E-state index contributed by atoms with van der Waals surface area (Å²) in [5, 5.41) is 13.5. The molecule has 17 heavy (non-hydrogen) atoms. The average Bonchev–Trinajstić information content (AvgIpc) is 2.90. The van der Waals surface area contributed by atoms with Gasteiger partial charge < -0.3 is 10.4 Å². The quantitative estimate of drug-likeness (QED) is 0.863. The molecule has 0 saturated heterocycles. The maximum Gasteiger partial charge on any atom is 0.271 e. The Balaban J connectivity index is 1.95. The van der Waals surface area contributed by atoms with Crippen LogP contribution in [0.3, 0.4) is 0 Å². The molecule has 0 unspecified atom stereocenters. The molecule has 88 valence electrons. The van der Waals surface area contributed by atoms with E-state index in [2.05, 4.69) is 10.3 Å². The minimum atomic E-state index is -0.180. The maximum atomic E-state index is 11.6. The van der Waals surface area contributed by atoms with E-state index in [1.807, 2.05) is 24.3 Å². The van der Waals surface area contributed by atoms with Gasteiger partial charge in [-0.3, -0.25) is 4.79 Å². The first-order valence-electron chi connectivity index (χ1n) is 5.14. The smallest absolute Gasteiger partial charge is 0.271 e. The Morgan fingerprint density at radius 2 is 2.24 bits per heavy atom. The third kappa shape index (κ3) is 3.12. The molecule has 0 saturated carbocycles.